The standard InChI is InChI=1S/C20H16F2N2O3/c1-11-10-14(13-6-3-4-9-17(13)23-11)20(26)27-12(2)19(25)24-18-15(21)7-5-8-16(18)22/h3-10,12H,1-2H3,(H,24,25). The summed E-state index contributed by atoms with van der Waals surface area (Å²) in [6, 6.07) is 11.8. The van der Waals surface area contributed by atoms with Gasteiger partial charge in [-0.1, -0.05) is 24.3 Å². The van der Waals surface area contributed by atoms with Gasteiger partial charge in [0, 0.05) is 11.1 Å². The van der Waals surface area contributed by atoms with Crippen molar-refractivity contribution in [2.24, 2.45) is 0 Å². The molecule has 0 aliphatic rings. The average molecular weight is 370 g/mol. The van der Waals surface area contributed by atoms with E-state index in [1.54, 1.807) is 37.3 Å². The fourth-order valence-electron chi connectivity index (χ4n) is 2.60. The molecule has 1 aromatic heterocycles. The number of ether oxygens (including phenoxy) is 1. The Morgan fingerprint density at radius 2 is 1.74 bits per heavy atom. The van der Waals surface area contributed by atoms with Gasteiger partial charge in [-0.15, -0.1) is 0 Å². The molecule has 138 valence electrons. The van der Waals surface area contributed by atoms with Gasteiger partial charge in [-0.05, 0) is 38.1 Å². The summed E-state index contributed by atoms with van der Waals surface area (Å²) >= 11 is 0. The first-order valence-corrected chi connectivity index (χ1v) is 8.19. The minimum absolute atomic E-state index is 0.259. The summed E-state index contributed by atoms with van der Waals surface area (Å²) < 4.78 is 32.5. The van der Waals surface area contributed by atoms with Crippen molar-refractivity contribution in [2.75, 3.05) is 5.32 Å². The number of pyridine rings is 1. The van der Waals surface area contributed by atoms with Crippen LogP contribution in [0.15, 0.2) is 48.5 Å². The van der Waals surface area contributed by atoms with E-state index in [9.17, 15) is 18.4 Å². The van der Waals surface area contributed by atoms with Crippen LogP contribution in [0.4, 0.5) is 14.5 Å². The monoisotopic (exact) mass is 370 g/mol. The molecule has 3 aromatic rings. The molecule has 0 fully saturated rings. The first-order chi connectivity index (χ1) is 12.9. The number of aryl methyl sites for hydroxylation is 1. The lowest BCUT2D eigenvalue weighted by atomic mass is 10.1. The Morgan fingerprint density at radius 1 is 1.07 bits per heavy atom. The molecule has 1 N–H and O–H groups in total. The normalized spacial score (nSPS) is 11.9. The number of benzene rings is 2. The van der Waals surface area contributed by atoms with Gasteiger partial charge >= 0.3 is 5.97 Å². The number of rotatable bonds is 4. The summed E-state index contributed by atoms with van der Waals surface area (Å²) in [6.07, 6.45) is -1.26. The Bertz CT molecular complexity index is 1020. The number of nitrogens with one attached hydrogen (secondary N) is 1. The molecule has 2 aromatic carbocycles. The van der Waals surface area contributed by atoms with Gasteiger partial charge in [0.1, 0.15) is 17.3 Å². The molecule has 5 nitrogen and oxygen atoms in total. The molecule has 7 heteroatoms. The number of fused-ring (bicyclic) bond motifs is 1. The Morgan fingerprint density at radius 3 is 2.44 bits per heavy atom. The van der Waals surface area contributed by atoms with E-state index in [0.29, 0.717) is 16.6 Å². The average Bonchev–Trinajstić information content (AvgIpc) is 2.63. The maximum Gasteiger partial charge on any atom is 0.339 e. The maximum atomic E-state index is 13.7. The van der Waals surface area contributed by atoms with E-state index in [-0.39, 0.29) is 5.56 Å². The quantitative estimate of drug-likeness (QED) is 0.705. The van der Waals surface area contributed by atoms with Gasteiger partial charge < -0.3 is 10.1 Å². The molecule has 3 rings (SSSR count). The van der Waals surface area contributed by atoms with Crippen molar-refractivity contribution < 1.29 is 23.1 Å². The number of para-hydroxylation sites is 2. The number of anilines is 1. The molecule has 1 amide bonds. The summed E-state index contributed by atoms with van der Waals surface area (Å²) in [5.41, 5.74) is 0.909. The van der Waals surface area contributed by atoms with Gasteiger partial charge in [0.05, 0.1) is 11.1 Å². The third-order valence-electron chi connectivity index (χ3n) is 3.93. The van der Waals surface area contributed by atoms with Crippen LogP contribution in [0, 0.1) is 18.6 Å². The molecule has 1 unspecified atom stereocenters. The number of carbonyl (C=O) groups excluding carboxylic acids is 2. The van der Waals surface area contributed by atoms with Crippen LogP contribution < -0.4 is 5.32 Å². The van der Waals surface area contributed by atoms with Crippen LogP contribution >= 0.6 is 0 Å². The number of amides is 1. The first kappa shape index (κ1) is 18.4. The molecule has 1 atom stereocenters. The van der Waals surface area contributed by atoms with Gasteiger partial charge in [0.2, 0.25) is 0 Å². The number of carbonyl (C=O) groups is 2. The number of hydrogen-bond donors (Lipinski definition) is 1. The Balaban J connectivity index is 1.79. The number of hydrogen-bond acceptors (Lipinski definition) is 4. The Labute approximate surface area is 154 Å². The minimum atomic E-state index is -1.26. The van der Waals surface area contributed by atoms with Crippen LogP contribution in [0.2, 0.25) is 0 Å². The second kappa shape index (κ2) is 7.49. The molecule has 0 aliphatic heterocycles. The van der Waals surface area contributed by atoms with Crippen LogP contribution in [0.1, 0.15) is 23.0 Å². The second-order valence-electron chi connectivity index (χ2n) is 5.96. The predicted octanol–water partition coefficient (Wildman–Crippen LogP) is 4.01. The summed E-state index contributed by atoms with van der Waals surface area (Å²) in [5.74, 6) is -3.41. The maximum absolute atomic E-state index is 13.7. The second-order valence-corrected chi connectivity index (χ2v) is 5.96. The smallest absolute Gasteiger partial charge is 0.339 e. The largest absolute Gasteiger partial charge is 0.449 e. The fourth-order valence-corrected chi connectivity index (χ4v) is 2.60. The third kappa shape index (κ3) is 3.92. The Kier molecular flexibility index (Phi) is 5.12. The zero-order chi connectivity index (χ0) is 19.6. The van der Waals surface area contributed by atoms with Crippen LogP contribution in [-0.2, 0) is 9.53 Å². The summed E-state index contributed by atoms with van der Waals surface area (Å²) in [6.45, 7) is 3.06. The minimum Gasteiger partial charge on any atom is -0.449 e. The molecular weight excluding hydrogens is 354 g/mol. The number of halogens is 2. The molecule has 0 saturated carbocycles. The fraction of sp³-hybridized carbons (Fsp3) is 0.150. The van der Waals surface area contributed by atoms with Gasteiger partial charge in [0.15, 0.2) is 6.10 Å². The topological polar surface area (TPSA) is 68.3 Å². The van der Waals surface area contributed by atoms with E-state index in [1.165, 1.54) is 13.0 Å². The van der Waals surface area contributed by atoms with E-state index in [1.807, 2.05) is 0 Å². The highest BCUT2D eigenvalue weighted by Crippen LogP contribution is 2.21. The SMILES string of the molecule is Cc1cc(C(=O)OC(C)C(=O)Nc2c(F)cccc2F)c2ccccc2n1. The van der Waals surface area contributed by atoms with Crippen molar-refractivity contribution in [3.63, 3.8) is 0 Å². The van der Waals surface area contributed by atoms with Crippen LogP contribution in [0.5, 0.6) is 0 Å². The van der Waals surface area contributed by atoms with Crippen LogP contribution in [0.3, 0.4) is 0 Å². The zero-order valence-electron chi connectivity index (χ0n) is 14.6. The van der Waals surface area contributed by atoms with Gasteiger partial charge in [0.25, 0.3) is 5.91 Å². The van der Waals surface area contributed by atoms with Crippen molar-refractivity contribution in [3.05, 3.63) is 71.4 Å². The van der Waals surface area contributed by atoms with Crippen molar-refractivity contribution in [2.45, 2.75) is 20.0 Å². The van der Waals surface area contributed by atoms with Crippen molar-refractivity contribution >= 4 is 28.5 Å². The summed E-state index contributed by atoms with van der Waals surface area (Å²) in [4.78, 5) is 29.1. The highest BCUT2D eigenvalue weighted by molar-refractivity contribution is 6.05. The van der Waals surface area contributed by atoms with Crippen molar-refractivity contribution in [3.8, 4) is 0 Å². The molecule has 0 aliphatic carbocycles. The van der Waals surface area contributed by atoms with Crippen molar-refractivity contribution in [1.29, 1.82) is 0 Å². The Hall–Kier alpha value is -3.35. The summed E-state index contributed by atoms with van der Waals surface area (Å²) in [7, 11) is 0. The van der Waals surface area contributed by atoms with E-state index in [0.717, 1.165) is 12.1 Å². The molecular formula is C20H16F2N2O3. The van der Waals surface area contributed by atoms with E-state index >= 15 is 0 Å². The van der Waals surface area contributed by atoms with Gasteiger partial charge in [-0.3, -0.25) is 9.78 Å². The van der Waals surface area contributed by atoms with Crippen LogP contribution in [-0.4, -0.2) is 23.0 Å². The molecule has 27 heavy (non-hydrogen) atoms. The van der Waals surface area contributed by atoms with E-state index in [4.69, 9.17) is 4.74 Å². The summed E-state index contributed by atoms with van der Waals surface area (Å²) in [5, 5.41) is 2.69. The molecule has 0 saturated heterocycles. The highest BCUT2D eigenvalue weighted by Gasteiger charge is 2.23. The lowest BCUT2D eigenvalue weighted by Crippen LogP contribution is -2.30. The predicted molar refractivity (Wildman–Crippen MR) is 96.3 cm³/mol. The number of aromatic nitrogens is 1. The van der Waals surface area contributed by atoms with E-state index in [2.05, 4.69) is 10.3 Å². The lowest BCUT2D eigenvalue weighted by molar-refractivity contribution is -0.123. The molecule has 0 radical (unpaired) electrons. The number of esters is 1. The molecule has 1 heterocycles. The van der Waals surface area contributed by atoms with Crippen molar-refractivity contribution in [1.82, 2.24) is 4.98 Å². The first-order valence-electron chi connectivity index (χ1n) is 8.19. The van der Waals surface area contributed by atoms with Gasteiger partial charge in [-0.2, -0.15) is 0 Å². The zero-order valence-corrected chi connectivity index (χ0v) is 14.6. The van der Waals surface area contributed by atoms with Gasteiger partial charge in [-0.25, -0.2) is 13.6 Å². The highest BCUT2D eigenvalue weighted by atomic mass is 19.1. The molecule has 0 spiro atoms. The molecule has 0 bridgehead atoms. The van der Waals surface area contributed by atoms with Crippen LogP contribution in [0.25, 0.3) is 10.9 Å². The van der Waals surface area contributed by atoms with E-state index < -0.39 is 35.3 Å². The number of nitrogens with zero attached hydrogens (tertiary/aromatic N) is 1. The third-order valence-corrected chi connectivity index (χ3v) is 3.93. The lowest BCUT2D eigenvalue weighted by Gasteiger charge is -2.15.